The first-order valence-electron chi connectivity index (χ1n) is 9.01. The molecule has 0 aliphatic rings. The minimum absolute atomic E-state index is 0.0505. The number of hydrogen-bond acceptors (Lipinski definition) is 3. The third-order valence-electron chi connectivity index (χ3n) is 4.54. The van der Waals surface area contributed by atoms with Crippen LogP contribution in [0, 0.1) is 10.1 Å². The van der Waals surface area contributed by atoms with Gasteiger partial charge in [-0.25, -0.2) is 0 Å². The molecule has 0 aliphatic carbocycles. The van der Waals surface area contributed by atoms with Crippen LogP contribution in [-0.2, 0) is 13.1 Å². The molecule has 0 saturated carbocycles. The van der Waals surface area contributed by atoms with E-state index in [1.807, 2.05) is 47.2 Å². The number of nitro benzene ring substituents is 1. The maximum atomic E-state index is 12.9. The molecule has 1 aromatic heterocycles. The minimum atomic E-state index is -0.489. The summed E-state index contributed by atoms with van der Waals surface area (Å²) >= 11 is 6.28. The minimum Gasteiger partial charge on any atom is -0.345 e. The molecule has 29 heavy (non-hydrogen) atoms. The first-order valence-corrected chi connectivity index (χ1v) is 9.39. The lowest BCUT2D eigenvalue weighted by Gasteiger charge is -2.22. The van der Waals surface area contributed by atoms with Gasteiger partial charge in [0.1, 0.15) is 0 Å². The molecule has 0 bridgehead atoms. The van der Waals surface area contributed by atoms with Crippen molar-refractivity contribution in [3.63, 3.8) is 0 Å². The predicted molar refractivity (Wildman–Crippen MR) is 113 cm³/mol. The summed E-state index contributed by atoms with van der Waals surface area (Å²) in [5.41, 5.74) is 2.28. The van der Waals surface area contributed by atoms with E-state index in [1.54, 1.807) is 11.0 Å². The molecular weight excluding hydrogens is 390 g/mol. The molecule has 0 N–H and O–H groups in total. The Bertz CT molecular complexity index is 1030. The van der Waals surface area contributed by atoms with Gasteiger partial charge in [-0.15, -0.1) is 6.58 Å². The van der Waals surface area contributed by atoms with Crippen molar-refractivity contribution in [2.45, 2.75) is 13.1 Å². The van der Waals surface area contributed by atoms with E-state index in [1.165, 1.54) is 24.3 Å². The summed E-state index contributed by atoms with van der Waals surface area (Å²) in [6.45, 7) is 5.06. The van der Waals surface area contributed by atoms with Crippen LogP contribution in [0.3, 0.4) is 0 Å². The fourth-order valence-corrected chi connectivity index (χ4v) is 3.23. The number of benzene rings is 2. The Morgan fingerprint density at radius 3 is 2.52 bits per heavy atom. The molecule has 0 spiro atoms. The molecule has 3 aromatic rings. The summed E-state index contributed by atoms with van der Waals surface area (Å²) < 4.78 is 2.04. The SMILES string of the molecule is C=CCN(Cc1cccn1Cc1ccccc1Cl)C(=O)c1ccc([N+](=O)[O-])cc1. The van der Waals surface area contributed by atoms with Crippen LogP contribution in [0.15, 0.2) is 79.5 Å². The second-order valence-corrected chi connectivity index (χ2v) is 6.90. The lowest BCUT2D eigenvalue weighted by Crippen LogP contribution is -2.31. The summed E-state index contributed by atoms with van der Waals surface area (Å²) in [6.07, 6.45) is 3.60. The zero-order chi connectivity index (χ0) is 20.8. The van der Waals surface area contributed by atoms with E-state index < -0.39 is 4.92 Å². The van der Waals surface area contributed by atoms with Crippen LogP contribution in [0.4, 0.5) is 5.69 Å². The van der Waals surface area contributed by atoms with Gasteiger partial charge in [-0.2, -0.15) is 0 Å². The van der Waals surface area contributed by atoms with E-state index in [4.69, 9.17) is 11.6 Å². The van der Waals surface area contributed by atoms with Gasteiger partial charge >= 0.3 is 0 Å². The number of aromatic nitrogens is 1. The van der Waals surface area contributed by atoms with Gasteiger partial charge in [-0.1, -0.05) is 35.9 Å². The Kier molecular flexibility index (Phi) is 6.46. The molecule has 3 rings (SSSR count). The average Bonchev–Trinajstić information content (AvgIpc) is 3.15. The van der Waals surface area contributed by atoms with Crippen LogP contribution in [0.25, 0.3) is 0 Å². The van der Waals surface area contributed by atoms with E-state index >= 15 is 0 Å². The number of amides is 1. The maximum absolute atomic E-state index is 12.9. The Balaban J connectivity index is 1.80. The van der Waals surface area contributed by atoms with Gasteiger partial charge in [-0.3, -0.25) is 14.9 Å². The molecule has 0 radical (unpaired) electrons. The number of carbonyl (C=O) groups excluding carboxylic acids is 1. The monoisotopic (exact) mass is 409 g/mol. The van der Waals surface area contributed by atoms with Crippen LogP contribution in [-0.4, -0.2) is 26.8 Å². The summed E-state index contributed by atoms with van der Waals surface area (Å²) in [6, 6.07) is 17.1. The highest BCUT2D eigenvalue weighted by Gasteiger charge is 2.18. The van der Waals surface area contributed by atoms with Crippen LogP contribution >= 0.6 is 11.6 Å². The fraction of sp³-hybridized carbons (Fsp3) is 0.136. The van der Waals surface area contributed by atoms with Crippen LogP contribution < -0.4 is 0 Å². The highest BCUT2D eigenvalue weighted by atomic mass is 35.5. The smallest absolute Gasteiger partial charge is 0.269 e. The van der Waals surface area contributed by atoms with Crippen LogP contribution in [0.2, 0.25) is 5.02 Å². The van der Waals surface area contributed by atoms with Crippen molar-refractivity contribution in [1.29, 1.82) is 0 Å². The standard InChI is InChI=1S/C22H20ClN3O3/c1-2-13-25(22(27)17-9-11-19(12-10-17)26(28)29)16-20-7-5-14-24(20)15-18-6-3-4-8-21(18)23/h2-12,14H,1,13,15-16H2. The first kappa shape index (κ1) is 20.4. The Morgan fingerprint density at radius 1 is 1.14 bits per heavy atom. The molecule has 2 aromatic carbocycles. The van der Waals surface area contributed by atoms with E-state index in [0.717, 1.165) is 11.3 Å². The quantitative estimate of drug-likeness (QED) is 0.301. The van der Waals surface area contributed by atoms with Gasteiger partial charge in [0.05, 0.1) is 11.5 Å². The highest BCUT2D eigenvalue weighted by molar-refractivity contribution is 6.31. The molecule has 0 atom stereocenters. The van der Waals surface area contributed by atoms with Crippen molar-refractivity contribution >= 4 is 23.2 Å². The number of hydrogen-bond donors (Lipinski definition) is 0. The molecule has 0 fully saturated rings. The van der Waals surface area contributed by atoms with Crippen molar-refractivity contribution in [2.75, 3.05) is 6.54 Å². The number of carbonyl (C=O) groups is 1. The molecule has 0 aliphatic heterocycles. The zero-order valence-corrected chi connectivity index (χ0v) is 16.5. The first-order chi connectivity index (χ1) is 14.0. The van der Waals surface area contributed by atoms with Crippen molar-refractivity contribution in [1.82, 2.24) is 9.47 Å². The van der Waals surface area contributed by atoms with Crippen molar-refractivity contribution < 1.29 is 9.72 Å². The lowest BCUT2D eigenvalue weighted by atomic mass is 10.1. The molecule has 1 heterocycles. The molecule has 0 unspecified atom stereocenters. The van der Waals surface area contributed by atoms with E-state index in [0.29, 0.717) is 30.2 Å². The number of nitro groups is 1. The lowest BCUT2D eigenvalue weighted by molar-refractivity contribution is -0.384. The van der Waals surface area contributed by atoms with Crippen molar-refractivity contribution in [3.8, 4) is 0 Å². The topological polar surface area (TPSA) is 68.4 Å². The van der Waals surface area contributed by atoms with Crippen LogP contribution in [0.5, 0.6) is 0 Å². The zero-order valence-electron chi connectivity index (χ0n) is 15.7. The Labute approximate surface area is 173 Å². The number of halogens is 1. The summed E-state index contributed by atoms with van der Waals surface area (Å²) in [4.78, 5) is 24.9. The normalized spacial score (nSPS) is 10.5. The van der Waals surface area contributed by atoms with Crippen molar-refractivity contribution in [3.05, 3.63) is 111 Å². The summed E-state index contributed by atoms with van der Waals surface area (Å²) in [5, 5.41) is 11.5. The van der Waals surface area contributed by atoms with Crippen LogP contribution in [0.1, 0.15) is 21.6 Å². The number of non-ortho nitro benzene ring substituents is 1. The van der Waals surface area contributed by atoms with E-state index in [-0.39, 0.29) is 11.6 Å². The van der Waals surface area contributed by atoms with E-state index in [2.05, 4.69) is 6.58 Å². The highest BCUT2D eigenvalue weighted by Crippen LogP contribution is 2.19. The van der Waals surface area contributed by atoms with Gasteiger partial charge in [-0.05, 0) is 35.9 Å². The van der Waals surface area contributed by atoms with Gasteiger partial charge in [0.2, 0.25) is 0 Å². The molecule has 0 saturated heterocycles. The number of rotatable bonds is 8. The predicted octanol–water partition coefficient (Wildman–Crippen LogP) is 4.93. The Hall–Kier alpha value is -3.38. The third-order valence-corrected chi connectivity index (χ3v) is 4.91. The molecular formula is C22H20ClN3O3. The molecule has 148 valence electrons. The van der Waals surface area contributed by atoms with Gasteiger partial charge in [0.25, 0.3) is 11.6 Å². The second kappa shape index (κ2) is 9.21. The Morgan fingerprint density at radius 2 is 1.86 bits per heavy atom. The van der Waals surface area contributed by atoms with Gasteiger partial charge in [0.15, 0.2) is 0 Å². The van der Waals surface area contributed by atoms with Gasteiger partial charge in [0, 0.05) is 47.7 Å². The summed E-state index contributed by atoms with van der Waals surface area (Å²) in [7, 11) is 0. The molecule has 7 heteroatoms. The van der Waals surface area contributed by atoms with Gasteiger partial charge < -0.3 is 9.47 Å². The number of nitrogens with zero attached hydrogens (tertiary/aromatic N) is 3. The fourth-order valence-electron chi connectivity index (χ4n) is 3.04. The third kappa shape index (κ3) is 4.92. The molecule has 1 amide bonds. The second-order valence-electron chi connectivity index (χ2n) is 6.50. The largest absolute Gasteiger partial charge is 0.345 e. The average molecular weight is 410 g/mol. The maximum Gasteiger partial charge on any atom is 0.269 e. The van der Waals surface area contributed by atoms with E-state index in [9.17, 15) is 14.9 Å². The van der Waals surface area contributed by atoms with Crippen molar-refractivity contribution in [2.24, 2.45) is 0 Å². The molecule has 6 nitrogen and oxygen atoms in total. The summed E-state index contributed by atoms with van der Waals surface area (Å²) in [5.74, 6) is -0.217.